The van der Waals surface area contributed by atoms with Gasteiger partial charge in [0.25, 0.3) is 11.5 Å². The molecular weight excluding hydrogens is 494 g/mol. The van der Waals surface area contributed by atoms with E-state index < -0.39 is 0 Å². The molecular formula is C22H18ClN7O2S2. The molecule has 0 aliphatic carbocycles. The highest BCUT2D eigenvalue weighted by molar-refractivity contribution is 8.00. The normalized spacial score (nSPS) is 11.3. The van der Waals surface area contributed by atoms with Crippen LogP contribution in [0.5, 0.6) is 0 Å². The van der Waals surface area contributed by atoms with Crippen molar-refractivity contribution in [3.8, 4) is 0 Å². The van der Waals surface area contributed by atoms with Gasteiger partial charge in [-0.1, -0.05) is 59.0 Å². The van der Waals surface area contributed by atoms with Gasteiger partial charge < -0.3 is 5.32 Å². The van der Waals surface area contributed by atoms with Crippen molar-refractivity contribution in [3.63, 3.8) is 0 Å². The second-order valence-electron chi connectivity index (χ2n) is 6.85. The van der Waals surface area contributed by atoms with Crippen molar-refractivity contribution in [3.05, 3.63) is 92.3 Å². The molecule has 0 aliphatic heterocycles. The summed E-state index contributed by atoms with van der Waals surface area (Å²) in [6.07, 6.45) is 0. The molecule has 172 valence electrons. The predicted octanol–water partition coefficient (Wildman–Crippen LogP) is 4.41. The first-order chi connectivity index (χ1) is 16.4. The van der Waals surface area contributed by atoms with E-state index >= 15 is 0 Å². The second kappa shape index (κ2) is 11.1. The van der Waals surface area contributed by atoms with Gasteiger partial charge in [-0.05, 0) is 37.3 Å². The van der Waals surface area contributed by atoms with Gasteiger partial charge in [0.2, 0.25) is 11.9 Å². The largest absolute Gasteiger partial charge is 0.326 e. The van der Waals surface area contributed by atoms with Gasteiger partial charge in [-0.3, -0.25) is 19.9 Å². The standard InChI is InChI=1S/C22H18ClN7O2S2/c1-13-29-30-22(34-13)33-12-17-11-18(31)26-20(25-17)28-21(24-16-9-5-8-15(23)10-16)27-19(32)14-6-3-2-4-7-14/h2-11H,12H2,1H3,(H3,24,25,26,27,28,31,32). The van der Waals surface area contributed by atoms with Crippen LogP contribution in [0.1, 0.15) is 21.1 Å². The lowest BCUT2D eigenvalue weighted by molar-refractivity contribution is 0.0977. The predicted molar refractivity (Wildman–Crippen MR) is 135 cm³/mol. The third kappa shape index (κ3) is 6.73. The number of carbonyl (C=O) groups excluding carboxylic acids is 1. The van der Waals surface area contributed by atoms with Crippen LogP contribution in [0.3, 0.4) is 0 Å². The molecule has 9 nitrogen and oxygen atoms in total. The van der Waals surface area contributed by atoms with Crippen molar-refractivity contribution < 1.29 is 4.79 Å². The molecule has 0 radical (unpaired) electrons. The summed E-state index contributed by atoms with van der Waals surface area (Å²) in [5.41, 5.74) is 1.19. The fraction of sp³-hybridized carbons (Fsp3) is 0.0909. The molecule has 0 aliphatic rings. The molecule has 2 aromatic heterocycles. The number of H-pyrrole nitrogens is 1. The molecule has 0 saturated carbocycles. The lowest BCUT2D eigenvalue weighted by Gasteiger charge is -2.12. The number of rotatable bonds is 6. The van der Waals surface area contributed by atoms with Crippen LogP contribution in [0.15, 0.2) is 74.8 Å². The third-order valence-electron chi connectivity index (χ3n) is 4.21. The highest BCUT2D eigenvalue weighted by Crippen LogP contribution is 2.25. The van der Waals surface area contributed by atoms with Gasteiger partial charge in [-0.2, -0.15) is 4.99 Å². The number of halogens is 1. The van der Waals surface area contributed by atoms with Crippen LogP contribution in [0.25, 0.3) is 0 Å². The van der Waals surface area contributed by atoms with Crippen LogP contribution in [0, 0.1) is 6.92 Å². The number of nitrogens with one attached hydrogen (secondary N) is 3. The molecule has 0 atom stereocenters. The first kappa shape index (κ1) is 23.6. The highest BCUT2D eigenvalue weighted by atomic mass is 35.5. The minimum Gasteiger partial charge on any atom is -0.326 e. The van der Waals surface area contributed by atoms with Crippen LogP contribution in [-0.4, -0.2) is 32.0 Å². The molecule has 2 aromatic carbocycles. The Labute approximate surface area is 207 Å². The minimum atomic E-state index is -0.380. The first-order valence-electron chi connectivity index (χ1n) is 9.95. The number of benzene rings is 2. The Morgan fingerprint density at radius 1 is 1.15 bits per heavy atom. The fourth-order valence-electron chi connectivity index (χ4n) is 2.76. The number of guanidine groups is 1. The quantitative estimate of drug-likeness (QED) is 0.199. The Balaban J connectivity index is 1.60. The zero-order valence-electron chi connectivity index (χ0n) is 17.8. The van der Waals surface area contributed by atoms with Crippen molar-refractivity contribution in [2.45, 2.75) is 17.0 Å². The molecule has 2 heterocycles. The van der Waals surface area contributed by atoms with Gasteiger partial charge in [-0.15, -0.1) is 10.2 Å². The number of aryl methyl sites for hydroxylation is 1. The summed E-state index contributed by atoms with van der Waals surface area (Å²) in [6, 6.07) is 17.0. The molecule has 12 heteroatoms. The Bertz CT molecular complexity index is 1390. The van der Waals surface area contributed by atoms with Gasteiger partial charge in [-0.25, -0.2) is 4.98 Å². The fourth-order valence-corrected chi connectivity index (χ4v) is 4.66. The third-order valence-corrected chi connectivity index (χ3v) is 6.45. The van der Waals surface area contributed by atoms with E-state index in [-0.39, 0.29) is 23.4 Å². The summed E-state index contributed by atoms with van der Waals surface area (Å²) in [5, 5.41) is 15.2. The lowest BCUT2D eigenvalue weighted by atomic mass is 10.2. The number of amides is 1. The van der Waals surface area contributed by atoms with E-state index in [2.05, 4.69) is 35.8 Å². The van der Waals surface area contributed by atoms with E-state index in [4.69, 9.17) is 11.6 Å². The SMILES string of the molecule is Cc1nnc(SCc2cc(=O)[nH]c(/N=C(\NC(=O)c3ccccc3)Nc3cccc(Cl)c3)n2)s1. The molecule has 0 spiro atoms. The van der Waals surface area contributed by atoms with Crippen LogP contribution in [0.2, 0.25) is 5.02 Å². The molecule has 34 heavy (non-hydrogen) atoms. The Morgan fingerprint density at radius 2 is 1.97 bits per heavy atom. The maximum absolute atomic E-state index is 12.7. The van der Waals surface area contributed by atoms with Crippen LogP contribution in [-0.2, 0) is 5.75 Å². The zero-order valence-corrected chi connectivity index (χ0v) is 20.2. The van der Waals surface area contributed by atoms with E-state index in [1.807, 2.05) is 13.0 Å². The lowest BCUT2D eigenvalue weighted by Crippen LogP contribution is -2.36. The molecule has 3 N–H and O–H groups in total. The highest BCUT2D eigenvalue weighted by Gasteiger charge is 2.11. The van der Waals surface area contributed by atoms with Crippen LogP contribution in [0.4, 0.5) is 11.6 Å². The maximum atomic E-state index is 12.7. The molecule has 4 aromatic rings. The van der Waals surface area contributed by atoms with Gasteiger partial charge in [0.1, 0.15) is 5.01 Å². The van der Waals surface area contributed by atoms with E-state index in [9.17, 15) is 9.59 Å². The van der Waals surface area contributed by atoms with E-state index in [1.54, 1.807) is 48.5 Å². The number of thioether (sulfide) groups is 1. The van der Waals surface area contributed by atoms with Crippen molar-refractivity contribution in [2.75, 3.05) is 5.32 Å². The number of hydrogen-bond acceptors (Lipinski definition) is 8. The summed E-state index contributed by atoms with van der Waals surface area (Å²) in [4.78, 5) is 36.3. The van der Waals surface area contributed by atoms with Crippen molar-refractivity contribution in [1.82, 2.24) is 25.5 Å². The molecule has 0 unspecified atom stereocenters. The molecule has 0 bridgehead atoms. The summed E-state index contributed by atoms with van der Waals surface area (Å²) >= 11 is 8.97. The topological polar surface area (TPSA) is 125 Å². The zero-order chi connectivity index (χ0) is 23.9. The number of aliphatic imine (C=N–C) groups is 1. The monoisotopic (exact) mass is 511 g/mol. The number of nitrogens with zero attached hydrogens (tertiary/aromatic N) is 4. The number of anilines is 1. The van der Waals surface area contributed by atoms with Gasteiger partial charge in [0.15, 0.2) is 4.34 Å². The number of hydrogen-bond donors (Lipinski definition) is 3. The van der Waals surface area contributed by atoms with Crippen molar-refractivity contribution in [1.29, 1.82) is 0 Å². The van der Waals surface area contributed by atoms with E-state index in [0.29, 0.717) is 27.7 Å². The summed E-state index contributed by atoms with van der Waals surface area (Å²) in [6.45, 7) is 1.87. The van der Waals surface area contributed by atoms with Gasteiger partial charge in [0, 0.05) is 28.1 Å². The summed E-state index contributed by atoms with van der Waals surface area (Å²) < 4.78 is 0.781. The maximum Gasteiger partial charge on any atom is 0.257 e. The average Bonchev–Trinajstić information content (AvgIpc) is 3.23. The number of aromatic nitrogens is 4. The minimum absolute atomic E-state index is 0.0365. The van der Waals surface area contributed by atoms with Gasteiger partial charge in [0.05, 0.1) is 5.69 Å². The molecule has 1 amide bonds. The smallest absolute Gasteiger partial charge is 0.257 e. The Kier molecular flexibility index (Phi) is 7.68. The molecule has 0 saturated heterocycles. The Morgan fingerprint density at radius 3 is 2.71 bits per heavy atom. The van der Waals surface area contributed by atoms with Gasteiger partial charge >= 0.3 is 0 Å². The molecule has 4 rings (SSSR count). The second-order valence-corrected chi connectivity index (χ2v) is 9.69. The van der Waals surface area contributed by atoms with E-state index in [1.165, 1.54) is 29.2 Å². The number of carbonyl (C=O) groups is 1. The van der Waals surface area contributed by atoms with Crippen LogP contribution < -0.4 is 16.2 Å². The van der Waals surface area contributed by atoms with Crippen molar-refractivity contribution >= 4 is 58.2 Å². The summed E-state index contributed by atoms with van der Waals surface area (Å²) in [7, 11) is 0. The van der Waals surface area contributed by atoms with Crippen LogP contribution >= 0.6 is 34.7 Å². The Hall–Kier alpha value is -3.54. The van der Waals surface area contributed by atoms with E-state index in [0.717, 1.165) is 9.35 Å². The molecule has 0 fully saturated rings. The summed E-state index contributed by atoms with van der Waals surface area (Å²) in [5.74, 6) is 0.141. The first-order valence-corrected chi connectivity index (χ1v) is 12.1. The van der Waals surface area contributed by atoms with Crippen molar-refractivity contribution in [2.24, 2.45) is 4.99 Å². The number of aromatic amines is 1. The average molecular weight is 512 g/mol.